The molecule has 2 N–H and O–H groups in total. The molecule has 2 aromatic heterocycles. The second kappa shape index (κ2) is 9.28. The molecule has 0 saturated carbocycles. The van der Waals surface area contributed by atoms with Crippen LogP contribution >= 0.6 is 0 Å². The molecular formula is C22H28N6. The number of hydrogen-bond donors (Lipinski definition) is 2. The van der Waals surface area contributed by atoms with E-state index in [2.05, 4.69) is 52.6 Å². The summed E-state index contributed by atoms with van der Waals surface area (Å²) < 4.78 is 0. The summed E-state index contributed by atoms with van der Waals surface area (Å²) in [7, 11) is 4.10. The molecule has 0 aliphatic carbocycles. The predicted octanol–water partition coefficient (Wildman–Crippen LogP) is 4.13. The van der Waals surface area contributed by atoms with E-state index in [0.717, 1.165) is 42.3 Å². The van der Waals surface area contributed by atoms with Gasteiger partial charge < -0.3 is 15.5 Å². The third-order valence-electron chi connectivity index (χ3n) is 4.54. The Balaban J connectivity index is 1.95. The highest BCUT2D eigenvalue weighted by atomic mass is 15.2. The van der Waals surface area contributed by atoms with Gasteiger partial charge >= 0.3 is 0 Å². The standard InChI is InChI=1S/C22H28N6/c1-5-17-8-6-7-16(2)21(17)26-20-15-19(18-9-11-23-12-10-18)25-22(27-20)24-13-14-28(3)4/h6-12,15H,5,13-14H2,1-4H3,(H2,24,25,26,27). The van der Waals surface area contributed by atoms with E-state index in [0.29, 0.717) is 5.95 Å². The summed E-state index contributed by atoms with van der Waals surface area (Å²) >= 11 is 0. The quantitative estimate of drug-likeness (QED) is 0.616. The third-order valence-corrected chi connectivity index (χ3v) is 4.54. The molecule has 28 heavy (non-hydrogen) atoms. The van der Waals surface area contributed by atoms with Gasteiger partial charge in [-0.2, -0.15) is 4.98 Å². The van der Waals surface area contributed by atoms with Crippen LogP contribution in [0.5, 0.6) is 0 Å². The minimum absolute atomic E-state index is 0.616. The summed E-state index contributed by atoms with van der Waals surface area (Å²) in [4.78, 5) is 15.6. The zero-order valence-corrected chi connectivity index (χ0v) is 17.0. The van der Waals surface area contributed by atoms with Gasteiger partial charge in [-0.3, -0.25) is 4.98 Å². The number of hydrogen-bond acceptors (Lipinski definition) is 6. The van der Waals surface area contributed by atoms with Crippen LogP contribution in [0.3, 0.4) is 0 Å². The number of para-hydroxylation sites is 1. The summed E-state index contributed by atoms with van der Waals surface area (Å²) in [6.07, 6.45) is 4.51. The van der Waals surface area contributed by atoms with Gasteiger partial charge in [0.05, 0.1) is 5.69 Å². The van der Waals surface area contributed by atoms with Crippen LogP contribution < -0.4 is 10.6 Å². The van der Waals surface area contributed by atoms with Gasteiger partial charge in [-0.25, -0.2) is 4.98 Å². The van der Waals surface area contributed by atoms with Crippen molar-refractivity contribution in [2.45, 2.75) is 20.3 Å². The molecule has 0 spiro atoms. The lowest BCUT2D eigenvalue weighted by Crippen LogP contribution is -2.21. The Morgan fingerprint density at radius 2 is 1.82 bits per heavy atom. The highest BCUT2D eigenvalue weighted by Crippen LogP contribution is 2.27. The number of benzene rings is 1. The van der Waals surface area contributed by atoms with E-state index < -0.39 is 0 Å². The Hall–Kier alpha value is -2.99. The highest BCUT2D eigenvalue weighted by Gasteiger charge is 2.10. The molecule has 0 amide bonds. The van der Waals surface area contributed by atoms with Gasteiger partial charge in [0, 0.05) is 42.8 Å². The number of pyridine rings is 1. The maximum Gasteiger partial charge on any atom is 0.225 e. The topological polar surface area (TPSA) is 66.0 Å². The molecule has 1 aromatic carbocycles. The fourth-order valence-electron chi connectivity index (χ4n) is 2.98. The molecule has 0 saturated heterocycles. The van der Waals surface area contributed by atoms with Crippen molar-refractivity contribution in [3.05, 3.63) is 59.9 Å². The Bertz CT molecular complexity index is 908. The molecular weight excluding hydrogens is 348 g/mol. The van der Waals surface area contributed by atoms with Crippen molar-refractivity contribution in [3.63, 3.8) is 0 Å². The number of likely N-dealkylation sites (N-methyl/N-ethyl adjacent to an activating group) is 1. The van der Waals surface area contributed by atoms with Crippen LogP contribution in [-0.2, 0) is 6.42 Å². The summed E-state index contributed by atoms with van der Waals surface area (Å²) in [5, 5.41) is 6.86. The molecule has 0 bridgehead atoms. The third kappa shape index (κ3) is 5.04. The van der Waals surface area contributed by atoms with Crippen LogP contribution in [0.15, 0.2) is 48.8 Å². The monoisotopic (exact) mass is 376 g/mol. The molecule has 146 valence electrons. The van der Waals surface area contributed by atoms with Crippen molar-refractivity contribution in [1.82, 2.24) is 19.9 Å². The van der Waals surface area contributed by atoms with Gasteiger partial charge in [0.25, 0.3) is 0 Å². The molecule has 0 unspecified atom stereocenters. The summed E-state index contributed by atoms with van der Waals surface area (Å²) in [5.74, 6) is 1.39. The Morgan fingerprint density at radius 1 is 1.04 bits per heavy atom. The van der Waals surface area contributed by atoms with E-state index in [1.807, 2.05) is 32.3 Å². The van der Waals surface area contributed by atoms with E-state index in [-0.39, 0.29) is 0 Å². The molecule has 0 atom stereocenters. The number of aromatic nitrogens is 3. The molecule has 0 radical (unpaired) electrons. The number of nitrogens with one attached hydrogen (secondary N) is 2. The largest absolute Gasteiger partial charge is 0.353 e. The number of rotatable bonds is 8. The van der Waals surface area contributed by atoms with Crippen LogP contribution in [0.4, 0.5) is 17.5 Å². The fourth-order valence-corrected chi connectivity index (χ4v) is 2.98. The van der Waals surface area contributed by atoms with Gasteiger partial charge in [0.15, 0.2) is 0 Å². The van der Waals surface area contributed by atoms with E-state index in [4.69, 9.17) is 9.97 Å². The number of anilines is 3. The Labute approximate surface area is 167 Å². The summed E-state index contributed by atoms with van der Waals surface area (Å²) in [6, 6.07) is 12.3. The van der Waals surface area contributed by atoms with Crippen molar-refractivity contribution in [2.75, 3.05) is 37.8 Å². The minimum Gasteiger partial charge on any atom is -0.353 e. The molecule has 6 nitrogen and oxygen atoms in total. The zero-order chi connectivity index (χ0) is 19.9. The molecule has 2 heterocycles. The average molecular weight is 377 g/mol. The van der Waals surface area contributed by atoms with Crippen LogP contribution in [0, 0.1) is 6.92 Å². The van der Waals surface area contributed by atoms with Crippen molar-refractivity contribution in [3.8, 4) is 11.3 Å². The van der Waals surface area contributed by atoms with Crippen molar-refractivity contribution in [1.29, 1.82) is 0 Å². The first-order valence-electron chi connectivity index (χ1n) is 9.60. The lowest BCUT2D eigenvalue weighted by molar-refractivity contribution is 0.425. The maximum absolute atomic E-state index is 4.70. The van der Waals surface area contributed by atoms with E-state index in [1.165, 1.54) is 11.1 Å². The number of nitrogens with zero attached hydrogens (tertiary/aromatic N) is 4. The van der Waals surface area contributed by atoms with Crippen molar-refractivity contribution < 1.29 is 0 Å². The van der Waals surface area contributed by atoms with Crippen molar-refractivity contribution >= 4 is 17.5 Å². The van der Waals surface area contributed by atoms with Crippen LogP contribution in [-0.4, -0.2) is 47.0 Å². The van der Waals surface area contributed by atoms with E-state index in [1.54, 1.807) is 12.4 Å². The fraction of sp³-hybridized carbons (Fsp3) is 0.318. The molecule has 3 rings (SSSR count). The average Bonchev–Trinajstić information content (AvgIpc) is 2.70. The number of aryl methyl sites for hydroxylation is 2. The Morgan fingerprint density at radius 3 is 2.54 bits per heavy atom. The predicted molar refractivity (Wildman–Crippen MR) is 116 cm³/mol. The molecule has 3 aromatic rings. The smallest absolute Gasteiger partial charge is 0.225 e. The molecule has 0 aliphatic heterocycles. The first-order chi connectivity index (χ1) is 13.6. The van der Waals surface area contributed by atoms with Gasteiger partial charge in [0.2, 0.25) is 5.95 Å². The maximum atomic E-state index is 4.70. The highest BCUT2D eigenvalue weighted by molar-refractivity contribution is 5.70. The lowest BCUT2D eigenvalue weighted by Gasteiger charge is -2.16. The van der Waals surface area contributed by atoms with Crippen LogP contribution in [0.25, 0.3) is 11.3 Å². The van der Waals surface area contributed by atoms with Gasteiger partial charge in [-0.15, -0.1) is 0 Å². The second-order valence-electron chi connectivity index (χ2n) is 7.02. The van der Waals surface area contributed by atoms with Crippen LogP contribution in [0.1, 0.15) is 18.1 Å². The van der Waals surface area contributed by atoms with Gasteiger partial charge in [-0.1, -0.05) is 25.1 Å². The summed E-state index contributed by atoms with van der Waals surface area (Å²) in [6.45, 7) is 5.96. The van der Waals surface area contributed by atoms with Gasteiger partial charge in [-0.05, 0) is 50.7 Å². The van der Waals surface area contributed by atoms with E-state index >= 15 is 0 Å². The normalized spacial score (nSPS) is 10.9. The summed E-state index contributed by atoms with van der Waals surface area (Å²) in [5.41, 5.74) is 5.45. The SMILES string of the molecule is CCc1cccc(C)c1Nc1cc(-c2ccncc2)nc(NCCN(C)C)n1. The molecule has 0 fully saturated rings. The Kier molecular flexibility index (Phi) is 6.55. The van der Waals surface area contributed by atoms with Crippen LogP contribution in [0.2, 0.25) is 0 Å². The molecule has 6 heteroatoms. The second-order valence-corrected chi connectivity index (χ2v) is 7.02. The zero-order valence-electron chi connectivity index (χ0n) is 17.0. The van der Waals surface area contributed by atoms with Gasteiger partial charge in [0.1, 0.15) is 5.82 Å². The van der Waals surface area contributed by atoms with Crippen molar-refractivity contribution in [2.24, 2.45) is 0 Å². The minimum atomic E-state index is 0.616. The first kappa shape index (κ1) is 19.8. The first-order valence-corrected chi connectivity index (χ1v) is 9.60. The molecule has 0 aliphatic rings. The lowest BCUT2D eigenvalue weighted by atomic mass is 10.1. The van der Waals surface area contributed by atoms with E-state index in [9.17, 15) is 0 Å².